The molecule has 0 saturated heterocycles. The average molecular weight is 218 g/mol. The number of rotatable bonds is 3. The van der Waals surface area contributed by atoms with Crippen LogP contribution in [0, 0.1) is 0 Å². The molecule has 0 fully saturated rings. The Kier molecular flexibility index (Phi) is 2.63. The smallest absolute Gasteiger partial charge is 0.00258 e. The second-order valence-corrected chi connectivity index (χ2v) is 4.34. The van der Waals surface area contributed by atoms with Crippen molar-refractivity contribution in [1.29, 1.82) is 0 Å². The van der Waals surface area contributed by atoms with Gasteiger partial charge < -0.3 is 0 Å². The molecule has 0 radical (unpaired) electrons. The lowest BCUT2D eigenvalue weighted by Crippen LogP contribution is -1.91. The quantitative estimate of drug-likeness (QED) is 0.716. The Morgan fingerprint density at radius 1 is 0.706 bits per heavy atom. The Hall–Kier alpha value is -2.08. The van der Waals surface area contributed by atoms with Gasteiger partial charge in [-0.15, -0.1) is 0 Å². The minimum Gasteiger partial charge on any atom is -0.0622 e. The van der Waals surface area contributed by atoms with Crippen LogP contribution < -0.4 is 0 Å². The largest absolute Gasteiger partial charge is 0.0622 e. The minimum atomic E-state index is 1.05. The third kappa shape index (κ3) is 2.21. The van der Waals surface area contributed by atoms with E-state index in [1.165, 1.54) is 22.3 Å². The monoisotopic (exact) mass is 218 g/mol. The van der Waals surface area contributed by atoms with Gasteiger partial charge in [0.25, 0.3) is 0 Å². The van der Waals surface area contributed by atoms with Crippen LogP contribution in [0.3, 0.4) is 0 Å². The van der Waals surface area contributed by atoms with Gasteiger partial charge in [0.2, 0.25) is 0 Å². The molecule has 2 aromatic carbocycles. The van der Waals surface area contributed by atoms with Crippen molar-refractivity contribution in [3.63, 3.8) is 0 Å². The summed E-state index contributed by atoms with van der Waals surface area (Å²) in [6, 6.07) is 19.3. The van der Waals surface area contributed by atoms with Gasteiger partial charge in [0.05, 0.1) is 0 Å². The van der Waals surface area contributed by atoms with Crippen molar-refractivity contribution in [2.75, 3.05) is 0 Å². The molecule has 0 unspecified atom stereocenters. The van der Waals surface area contributed by atoms with E-state index < -0.39 is 0 Å². The summed E-state index contributed by atoms with van der Waals surface area (Å²) in [5.41, 5.74) is 5.35. The van der Waals surface area contributed by atoms with E-state index in [1.54, 1.807) is 0 Å². The molecule has 0 N–H and O–H groups in total. The molecule has 0 bridgehead atoms. The van der Waals surface area contributed by atoms with Gasteiger partial charge in [-0.2, -0.15) is 0 Å². The van der Waals surface area contributed by atoms with Crippen molar-refractivity contribution in [2.45, 2.75) is 6.42 Å². The Bertz CT molecular complexity index is 557. The maximum Gasteiger partial charge on any atom is -0.00258 e. The molecule has 0 nitrogen and oxygen atoms in total. The number of hydrogen-bond donors (Lipinski definition) is 0. The summed E-state index contributed by atoms with van der Waals surface area (Å²) in [4.78, 5) is 0. The van der Waals surface area contributed by atoms with E-state index >= 15 is 0 Å². The Morgan fingerprint density at radius 2 is 1.35 bits per heavy atom. The molecular formula is C17H14. The van der Waals surface area contributed by atoms with E-state index in [-0.39, 0.29) is 0 Å². The van der Waals surface area contributed by atoms with Crippen LogP contribution in [0.1, 0.15) is 5.56 Å². The molecule has 1 aliphatic rings. The minimum absolute atomic E-state index is 1.05. The highest BCUT2D eigenvalue weighted by molar-refractivity contribution is 5.63. The van der Waals surface area contributed by atoms with Crippen LogP contribution in [0.15, 0.2) is 78.4 Å². The second kappa shape index (κ2) is 4.42. The van der Waals surface area contributed by atoms with Crippen LogP contribution in [0.2, 0.25) is 0 Å². The molecule has 0 saturated carbocycles. The first kappa shape index (κ1) is 10.1. The van der Waals surface area contributed by atoms with Crippen LogP contribution in [0.5, 0.6) is 0 Å². The zero-order valence-electron chi connectivity index (χ0n) is 9.64. The number of hydrogen-bond acceptors (Lipinski definition) is 0. The van der Waals surface area contributed by atoms with Crippen LogP contribution in [0.25, 0.3) is 11.1 Å². The highest BCUT2D eigenvalue weighted by Crippen LogP contribution is 2.21. The zero-order valence-corrected chi connectivity index (χ0v) is 9.64. The maximum atomic E-state index is 2.22. The van der Waals surface area contributed by atoms with Gasteiger partial charge >= 0.3 is 0 Å². The van der Waals surface area contributed by atoms with Crippen LogP contribution >= 0.6 is 0 Å². The highest BCUT2D eigenvalue weighted by Gasteiger charge is 2.01. The predicted molar refractivity (Wildman–Crippen MR) is 72.8 cm³/mol. The molecule has 3 rings (SSSR count). The molecule has 0 heterocycles. The standard InChI is InChI=1S/C17H14/c1-2-7-16(8-3-1)17-11-9-15(10-12-17)13-14-5-4-6-14/h1-12H,13H2. The predicted octanol–water partition coefficient (Wildman–Crippen LogP) is 4.39. The third-order valence-corrected chi connectivity index (χ3v) is 3.09. The van der Waals surface area contributed by atoms with Crippen molar-refractivity contribution in [2.24, 2.45) is 0 Å². The average Bonchev–Trinajstić information content (AvgIpc) is 2.36. The van der Waals surface area contributed by atoms with E-state index in [2.05, 4.69) is 66.8 Å². The van der Waals surface area contributed by atoms with Crippen LogP contribution in [-0.2, 0) is 6.42 Å². The highest BCUT2D eigenvalue weighted by atomic mass is 14.1. The van der Waals surface area contributed by atoms with Gasteiger partial charge in [-0.05, 0) is 28.7 Å². The molecular weight excluding hydrogens is 204 g/mol. The first-order chi connectivity index (χ1) is 8.42. The van der Waals surface area contributed by atoms with E-state index in [9.17, 15) is 0 Å². The molecule has 0 atom stereocenters. The second-order valence-electron chi connectivity index (χ2n) is 4.34. The van der Waals surface area contributed by atoms with E-state index in [0.29, 0.717) is 0 Å². The van der Waals surface area contributed by atoms with E-state index in [4.69, 9.17) is 0 Å². The molecule has 0 aromatic heterocycles. The fourth-order valence-electron chi connectivity index (χ4n) is 2.03. The third-order valence-electron chi connectivity index (χ3n) is 3.09. The summed E-state index contributed by atoms with van der Waals surface area (Å²) < 4.78 is 0. The molecule has 0 heteroatoms. The zero-order chi connectivity index (χ0) is 11.5. The van der Waals surface area contributed by atoms with E-state index in [1.807, 2.05) is 6.07 Å². The van der Waals surface area contributed by atoms with Crippen molar-refractivity contribution in [1.82, 2.24) is 0 Å². The molecule has 0 aliphatic heterocycles. The molecule has 0 amide bonds. The fourth-order valence-corrected chi connectivity index (χ4v) is 2.03. The van der Waals surface area contributed by atoms with Gasteiger partial charge in [0.15, 0.2) is 0 Å². The lowest BCUT2D eigenvalue weighted by Gasteiger charge is -2.08. The summed E-state index contributed by atoms with van der Waals surface area (Å²) >= 11 is 0. The van der Waals surface area contributed by atoms with Crippen LogP contribution in [0.4, 0.5) is 0 Å². The molecule has 0 spiro atoms. The van der Waals surface area contributed by atoms with Gasteiger partial charge in [-0.25, -0.2) is 0 Å². The van der Waals surface area contributed by atoms with Gasteiger partial charge in [0, 0.05) is 0 Å². The van der Waals surface area contributed by atoms with Crippen molar-refractivity contribution < 1.29 is 0 Å². The maximum absolute atomic E-state index is 2.22. The first-order valence-electron chi connectivity index (χ1n) is 5.93. The fraction of sp³-hybridized carbons (Fsp3) is 0.0588. The summed E-state index contributed by atoms with van der Waals surface area (Å²) in [6.07, 6.45) is 7.48. The Balaban J connectivity index is 1.80. The lowest BCUT2D eigenvalue weighted by atomic mass is 9.97. The topological polar surface area (TPSA) is 0 Å². The SMILES string of the molecule is C1=CC(Cc2ccc(-c3ccccc3)cc2)=C1. The Labute approximate surface area is 102 Å². The lowest BCUT2D eigenvalue weighted by molar-refractivity contribution is 1.18. The number of allylic oxidation sites excluding steroid dienone is 4. The van der Waals surface area contributed by atoms with Crippen molar-refractivity contribution >= 4 is 0 Å². The molecule has 82 valence electrons. The first-order valence-corrected chi connectivity index (χ1v) is 5.93. The normalized spacial score (nSPS) is 13.1. The van der Waals surface area contributed by atoms with Crippen LogP contribution in [-0.4, -0.2) is 0 Å². The molecule has 17 heavy (non-hydrogen) atoms. The summed E-state index contributed by atoms with van der Waals surface area (Å²) in [6.45, 7) is 0. The van der Waals surface area contributed by atoms with Crippen molar-refractivity contribution in [3.8, 4) is 11.1 Å². The summed E-state index contributed by atoms with van der Waals surface area (Å²) in [7, 11) is 0. The molecule has 2 aromatic rings. The van der Waals surface area contributed by atoms with Gasteiger partial charge in [0.1, 0.15) is 0 Å². The van der Waals surface area contributed by atoms with Crippen molar-refractivity contribution in [3.05, 3.63) is 84.0 Å². The van der Waals surface area contributed by atoms with Gasteiger partial charge in [-0.1, -0.05) is 72.8 Å². The Morgan fingerprint density at radius 3 is 1.94 bits per heavy atom. The summed E-state index contributed by atoms with van der Waals surface area (Å²) in [5, 5.41) is 0. The summed E-state index contributed by atoms with van der Waals surface area (Å²) in [5.74, 6) is 0. The molecule has 1 aliphatic carbocycles. The number of benzene rings is 2. The van der Waals surface area contributed by atoms with E-state index in [0.717, 1.165) is 6.42 Å². The van der Waals surface area contributed by atoms with Gasteiger partial charge in [-0.3, -0.25) is 0 Å².